The van der Waals surface area contributed by atoms with E-state index in [-0.39, 0.29) is 24.4 Å². The number of rotatable bonds is 4. The van der Waals surface area contributed by atoms with Gasteiger partial charge in [-0.15, -0.1) is 11.6 Å². The molecule has 0 spiro atoms. The maximum absolute atomic E-state index is 11.3. The number of nitrogens with one attached hydrogen (secondary N) is 2. The molecule has 1 rings (SSSR count). The number of aliphatic hydroxyl groups is 1. The van der Waals surface area contributed by atoms with Gasteiger partial charge >= 0.3 is 0 Å². The van der Waals surface area contributed by atoms with Crippen molar-refractivity contribution in [2.24, 2.45) is 0 Å². The first-order chi connectivity index (χ1) is 6.24. The van der Waals surface area contributed by atoms with Crippen LogP contribution in [0, 0.1) is 0 Å². The summed E-state index contributed by atoms with van der Waals surface area (Å²) in [5.74, 6) is 0.111. The van der Waals surface area contributed by atoms with Crippen molar-refractivity contribution in [3.63, 3.8) is 0 Å². The number of halogens is 1. The minimum atomic E-state index is -0.646. The summed E-state index contributed by atoms with van der Waals surface area (Å²) in [7, 11) is 0. The van der Waals surface area contributed by atoms with E-state index in [1.165, 1.54) is 0 Å². The second-order valence-corrected chi connectivity index (χ2v) is 3.51. The van der Waals surface area contributed by atoms with Crippen LogP contribution in [0.15, 0.2) is 0 Å². The van der Waals surface area contributed by atoms with E-state index >= 15 is 0 Å². The highest BCUT2D eigenvalue weighted by Gasteiger charge is 2.21. The Balaban J connectivity index is 2.16. The molecular weight excluding hydrogens is 192 g/mol. The van der Waals surface area contributed by atoms with Crippen molar-refractivity contribution in [3.8, 4) is 0 Å². The molecular formula is C8H15ClN2O2. The van der Waals surface area contributed by atoms with Gasteiger partial charge in [0, 0.05) is 6.54 Å². The topological polar surface area (TPSA) is 61.4 Å². The third-order valence-corrected chi connectivity index (χ3v) is 2.42. The molecule has 0 bridgehead atoms. The summed E-state index contributed by atoms with van der Waals surface area (Å²) in [6.07, 6.45) is 1.27. The zero-order valence-electron chi connectivity index (χ0n) is 7.42. The van der Waals surface area contributed by atoms with E-state index in [1.54, 1.807) is 0 Å². The molecule has 0 aliphatic carbocycles. The minimum Gasteiger partial charge on any atom is -0.390 e. The molecule has 0 aromatic carbocycles. The molecule has 1 fully saturated rings. The van der Waals surface area contributed by atoms with Gasteiger partial charge in [0.1, 0.15) is 0 Å². The van der Waals surface area contributed by atoms with Crippen LogP contribution in [-0.4, -0.2) is 42.1 Å². The monoisotopic (exact) mass is 206 g/mol. The second kappa shape index (κ2) is 5.42. The quantitative estimate of drug-likeness (QED) is 0.542. The summed E-state index contributed by atoms with van der Waals surface area (Å²) in [6.45, 7) is 1.14. The van der Waals surface area contributed by atoms with Crippen molar-refractivity contribution >= 4 is 17.5 Å². The largest absolute Gasteiger partial charge is 0.390 e. The fraction of sp³-hybridized carbons (Fsp3) is 0.875. The summed E-state index contributed by atoms with van der Waals surface area (Å²) < 4.78 is 0. The van der Waals surface area contributed by atoms with Gasteiger partial charge in [-0.3, -0.25) is 4.79 Å². The van der Waals surface area contributed by atoms with Crippen LogP contribution >= 0.6 is 11.6 Å². The number of carbonyl (C=O) groups excluding carboxylic acids is 1. The summed E-state index contributed by atoms with van der Waals surface area (Å²) in [5.41, 5.74) is 0. The minimum absolute atomic E-state index is 0.0401. The predicted octanol–water partition coefficient (Wildman–Crippen LogP) is -0.546. The first kappa shape index (κ1) is 10.8. The van der Waals surface area contributed by atoms with Crippen LogP contribution in [0.1, 0.15) is 12.8 Å². The van der Waals surface area contributed by atoms with Gasteiger partial charge < -0.3 is 15.7 Å². The van der Waals surface area contributed by atoms with Gasteiger partial charge in [-0.2, -0.15) is 0 Å². The van der Waals surface area contributed by atoms with Gasteiger partial charge in [0.25, 0.3) is 0 Å². The lowest BCUT2D eigenvalue weighted by Crippen LogP contribution is -2.43. The maximum Gasteiger partial charge on any atom is 0.237 e. The average molecular weight is 207 g/mol. The number of aliphatic hydroxyl groups excluding tert-OH is 1. The van der Waals surface area contributed by atoms with E-state index in [0.717, 1.165) is 19.4 Å². The van der Waals surface area contributed by atoms with Crippen LogP contribution in [0.5, 0.6) is 0 Å². The van der Waals surface area contributed by atoms with Crippen molar-refractivity contribution in [3.05, 3.63) is 0 Å². The van der Waals surface area contributed by atoms with E-state index in [1.807, 2.05) is 0 Å². The number of amides is 1. The Hall–Kier alpha value is -0.320. The lowest BCUT2D eigenvalue weighted by molar-refractivity contribution is -0.123. The molecule has 0 unspecified atom stereocenters. The Morgan fingerprint density at radius 1 is 1.77 bits per heavy atom. The molecule has 1 amide bonds. The van der Waals surface area contributed by atoms with Gasteiger partial charge in [-0.1, -0.05) is 0 Å². The molecule has 3 N–H and O–H groups in total. The molecule has 1 saturated heterocycles. The number of alkyl halides is 1. The van der Waals surface area contributed by atoms with E-state index in [4.69, 9.17) is 16.7 Å². The highest BCUT2D eigenvalue weighted by Crippen LogP contribution is 2.04. The molecule has 5 heteroatoms. The van der Waals surface area contributed by atoms with Crippen LogP contribution in [0.3, 0.4) is 0 Å². The van der Waals surface area contributed by atoms with Crippen molar-refractivity contribution < 1.29 is 9.90 Å². The van der Waals surface area contributed by atoms with E-state index in [2.05, 4.69) is 10.6 Å². The fourth-order valence-corrected chi connectivity index (χ4v) is 1.41. The summed E-state index contributed by atoms with van der Waals surface area (Å²) in [6, 6.07) is -0.0810. The SMILES string of the molecule is O=C(NC[C@H](O)CCl)[C@@H]1CCCN1. The number of hydrogen-bond acceptors (Lipinski definition) is 3. The molecule has 13 heavy (non-hydrogen) atoms. The standard InChI is InChI=1S/C8H15ClN2O2/c9-4-6(12)5-11-8(13)7-2-1-3-10-7/h6-7,10,12H,1-5H2,(H,11,13)/t6-,7+/m1/s1. The Morgan fingerprint density at radius 3 is 3.08 bits per heavy atom. The van der Waals surface area contributed by atoms with Gasteiger partial charge in [0.15, 0.2) is 0 Å². The lowest BCUT2D eigenvalue weighted by atomic mass is 10.2. The predicted molar refractivity (Wildman–Crippen MR) is 50.8 cm³/mol. The third-order valence-electron chi connectivity index (χ3n) is 2.07. The van der Waals surface area contributed by atoms with Crippen molar-refractivity contribution in [2.45, 2.75) is 25.0 Å². The maximum atomic E-state index is 11.3. The summed E-state index contributed by atoms with van der Waals surface area (Å²) in [4.78, 5) is 11.3. The molecule has 1 aliphatic rings. The highest BCUT2D eigenvalue weighted by molar-refractivity contribution is 6.18. The Morgan fingerprint density at radius 2 is 2.54 bits per heavy atom. The Bertz CT molecular complexity index is 172. The van der Waals surface area contributed by atoms with Crippen LogP contribution in [0.2, 0.25) is 0 Å². The van der Waals surface area contributed by atoms with Crippen LogP contribution in [0.4, 0.5) is 0 Å². The number of hydrogen-bond donors (Lipinski definition) is 3. The van der Waals surface area contributed by atoms with Crippen molar-refractivity contribution in [1.29, 1.82) is 0 Å². The smallest absolute Gasteiger partial charge is 0.237 e. The molecule has 0 aromatic heterocycles. The van der Waals surface area contributed by atoms with Crippen LogP contribution in [0.25, 0.3) is 0 Å². The van der Waals surface area contributed by atoms with E-state index in [0.29, 0.717) is 0 Å². The van der Waals surface area contributed by atoms with Gasteiger partial charge in [-0.25, -0.2) is 0 Å². The van der Waals surface area contributed by atoms with Crippen molar-refractivity contribution in [1.82, 2.24) is 10.6 Å². The summed E-state index contributed by atoms with van der Waals surface area (Å²) in [5, 5.41) is 14.8. The Kier molecular flexibility index (Phi) is 4.48. The molecule has 76 valence electrons. The molecule has 0 radical (unpaired) electrons. The molecule has 0 aromatic rings. The second-order valence-electron chi connectivity index (χ2n) is 3.20. The molecule has 1 aliphatic heterocycles. The van der Waals surface area contributed by atoms with Gasteiger partial charge in [-0.05, 0) is 19.4 Å². The zero-order valence-corrected chi connectivity index (χ0v) is 8.18. The van der Waals surface area contributed by atoms with E-state index in [9.17, 15) is 4.79 Å². The zero-order chi connectivity index (χ0) is 9.68. The van der Waals surface area contributed by atoms with E-state index < -0.39 is 6.10 Å². The fourth-order valence-electron chi connectivity index (χ4n) is 1.30. The van der Waals surface area contributed by atoms with Crippen molar-refractivity contribution in [2.75, 3.05) is 19.0 Å². The van der Waals surface area contributed by atoms with Crippen LogP contribution in [-0.2, 0) is 4.79 Å². The molecule has 2 atom stereocenters. The number of carbonyl (C=O) groups is 1. The first-order valence-electron chi connectivity index (χ1n) is 4.49. The van der Waals surface area contributed by atoms with Crippen LogP contribution < -0.4 is 10.6 Å². The molecule has 1 heterocycles. The lowest BCUT2D eigenvalue weighted by Gasteiger charge is -2.12. The molecule has 0 saturated carbocycles. The van der Waals surface area contributed by atoms with Gasteiger partial charge in [0.05, 0.1) is 18.0 Å². The first-order valence-corrected chi connectivity index (χ1v) is 5.02. The third kappa shape index (κ3) is 3.50. The average Bonchev–Trinajstić information content (AvgIpc) is 2.66. The summed E-state index contributed by atoms with van der Waals surface area (Å²) >= 11 is 5.38. The highest BCUT2D eigenvalue weighted by atomic mass is 35.5. The molecule has 4 nitrogen and oxygen atoms in total. The van der Waals surface area contributed by atoms with Gasteiger partial charge in [0.2, 0.25) is 5.91 Å². The Labute approximate surface area is 82.6 Å². The normalized spacial score (nSPS) is 24.3.